The van der Waals surface area contributed by atoms with E-state index in [0.29, 0.717) is 6.61 Å². The molecule has 0 saturated heterocycles. The third-order valence-electron chi connectivity index (χ3n) is 2.43. The van der Waals surface area contributed by atoms with E-state index >= 15 is 0 Å². The predicted octanol–water partition coefficient (Wildman–Crippen LogP) is 2.27. The standard InChI is InChI=1S/C13H17N3OS/c1-14-9-5-8-12-15-16-13(18-12)10-17-11-6-3-2-4-7-11/h2-4,6-7,14H,5,8-10H2,1H3. The molecule has 0 bridgehead atoms. The third kappa shape index (κ3) is 4.09. The molecule has 5 heteroatoms. The third-order valence-corrected chi connectivity index (χ3v) is 3.39. The Hall–Kier alpha value is -1.46. The van der Waals surface area contributed by atoms with Crippen LogP contribution in [0.5, 0.6) is 5.75 Å². The summed E-state index contributed by atoms with van der Waals surface area (Å²) in [6, 6.07) is 9.76. The molecule has 1 aromatic carbocycles. The molecule has 0 atom stereocenters. The summed E-state index contributed by atoms with van der Waals surface area (Å²) in [7, 11) is 1.96. The Kier molecular flexibility index (Phi) is 5.11. The smallest absolute Gasteiger partial charge is 0.155 e. The Morgan fingerprint density at radius 1 is 1.17 bits per heavy atom. The van der Waals surface area contributed by atoms with E-state index < -0.39 is 0 Å². The van der Waals surface area contributed by atoms with Gasteiger partial charge in [-0.25, -0.2) is 0 Å². The van der Waals surface area contributed by atoms with Gasteiger partial charge in [0.15, 0.2) is 5.01 Å². The zero-order valence-corrected chi connectivity index (χ0v) is 11.2. The molecule has 0 saturated carbocycles. The average molecular weight is 263 g/mol. The molecule has 4 nitrogen and oxygen atoms in total. The SMILES string of the molecule is CNCCCc1nnc(COc2ccccc2)s1. The highest BCUT2D eigenvalue weighted by Crippen LogP contribution is 2.15. The number of nitrogens with one attached hydrogen (secondary N) is 1. The van der Waals surface area contributed by atoms with Gasteiger partial charge >= 0.3 is 0 Å². The minimum Gasteiger partial charge on any atom is -0.486 e. The van der Waals surface area contributed by atoms with E-state index in [1.54, 1.807) is 11.3 Å². The summed E-state index contributed by atoms with van der Waals surface area (Å²) >= 11 is 1.63. The van der Waals surface area contributed by atoms with E-state index in [1.807, 2.05) is 37.4 Å². The predicted molar refractivity (Wildman–Crippen MR) is 72.9 cm³/mol. The van der Waals surface area contributed by atoms with Crippen molar-refractivity contribution in [2.75, 3.05) is 13.6 Å². The Balaban J connectivity index is 1.80. The fourth-order valence-corrected chi connectivity index (χ4v) is 2.33. The molecular weight excluding hydrogens is 246 g/mol. The number of aromatic nitrogens is 2. The number of aryl methyl sites for hydroxylation is 1. The number of nitrogens with zero attached hydrogens (tertiary/aromatic N) is 2. The van der Waals surface area contributed by atoms with E-state index in [0.717, 1.165) is 35.2 Å². The normalized spacial score (nSPS) is 10.5. The van der Waals surface area contributed by atoms with Crippen LogP contribution in [0, 0.1) is 0 Å². The maximum atomic E-state index is 5.63. The molecule has 0 aliphatic carbocycles. The number of hydrogen-bond donors (Lipinski definition) is 1. The van der Waals surface area contributed by atoms with Crippen molar-refractivity contribution in [2.45, 2.75) is 19.4 Å². The van der Waals surface area contributed by atoms with Crippen molar-refractivity contribution in [2.24, 2.45) is 0 Å². The Bertz CT molecular complexity index is 458. The van der Waals surface area contributed by atoms with E-state index in [-0.39, 0.29) is 0 Å². The van der Waals surface area contributed by atoms with Gasteiger partial charge in [0.25, 0.3) is 0 Å². The first-order valence-corrected chi connectivity index (χ1v) is 6.84. The quantitative estimate of drug-likeness (QED) is 0.778. The van der Waals surface area contributed by atoms with Gasteiger partial charge in [0.1, 0.15) is 17.4 Å². The molecule has 0 radical (unpaired) electrons. The van der Waals surface area contributed by atoms with Gasteiger partial charge < -0.3 is 10.1 Å². The first-order chi connectivity index (χ1) is 8.88. The Morgan fingerprint density at radius 2 is 1.94 bits per heavy atom. The summed E-state index contributed by atoms with van der Waals surface area (Å²) in [6.45, 7) is 1.50. The lowest BCUT2D eigenvalue weighted by Crippen LogP contribution is -2.08. The molecule has 0 aliphatic rings. The van der Waals surface area contributed by atoms with E-state index in [4.69, 9.17) is 4.74 Å². The largest absolute Gasteiger partial charge is 0.486 e. The molecule has 2 rings (SSSR count). The number of benzene rings is 1. The minimum atomic E-state index is 0.494. The number of rotatable bonds is 7. The summed E-state index contributed by atoms with van der Waals surface area (Å²) in [4.78, 5) is 0. The van der Waals surface area contributed by atoms with Crippen LogP contribution in [0.2, 0.25) is 0 Å². The van der Waals surface area contributed by atoms with Crippen LogP contribution in [-0.2, 0) is 13.0 Å². The van der Waals surface area contributed by atoms with Gasteiger partial charge in [-0.1, -0.05) is 29.5 Å². The van der Waals surface area contributed by atoms with Crippen LogP contribution in [0.25, 0.3) is 0 Å². The first-order valence-electron chi connectivity index (χ1n) is 6.02. The number of ether oxygens (including phenoxy) is 1. The van der Waals surface area contributed by atoms with Crippen molar-refractivity contribution in [3.8, 4) is 5.75 Å². The van der Waals surface area contributed by atoms with Crippen molar-refractivity contribution in [3.63, 3.8) is 0 Å². The van der Waals surface area contributed by atoms with E-state index in [9.17, 15) is 0 Å². The highest BCUT2D eigenvalue weighted by molar-refractivity contribution is 7.11. The molecule has 1 aromatic heterocycles. The Labute approximate surface area is 111 Å². The van der Waals surface area contributed by atoms with Crippen LogP contribution < -0.4 is 10.1 Å². The first kappa shape index (κ1) is 13.0. The van der Waals surface area contributed by atoms with Gasteiger partial charge in [-0.15, -0.1) is 10.2 Å². The summed E-state index contributed by atoms with van der Waals surface area (Å²) in [5.41, 5.74) is 0. The molecule has 0 fully saturated rings. The maximum absolute atomic E-state index is 5.63. The van der Waals surface area contributed by atoms with E-state index in [1.165, 1.54) is 0 Å². The lowest BCUT2D eigenvalue weighted by Gasteiger charge is -2.01. The second-order valence-electron chi connectivity index (χ2n) is 3.90. The van der Waals surface area contributed by atoms with Gasteiger partial charge in [0.05, 0.1) is 0 Å². The van der Waals surface area contributed by atoms with Crippen LogP contribution >= 0.6 is 11.3 Å². The summed E-state index contributed by atoms with van der Waals surface area (Å²) in [5.74, 6) is 0.865. The lowest BCUT2D eigenvalue weighted by molar-refractivity contribution is 0.304. The molecule has 1 N–H and O–H groups in total. The molecule has 0 aliphatic heterocycles. The second kappa shape index (κ2) is 7.08. The van der Waals surface area contributed by atoms with E-state index in [2.05, 4.69) is 15.5 Å². The van der Waals surface area contributed by atoms with Crippen molar-refractivity contribution in [1.82, 2.24) is 15.5 Å². The molecule has 2 aromatic rings. The van der Waals surface area contributed by atoms with Crippen molar-refractivity contribution in [1.29, 1.82) is 0 Å². The van der Waals surface area contributed by atoms with Crippen LogP contribution in [0.15, 0.2) is 30.3 Å². The molecule has 0 amide bonds. The molecule has 0 unspecified atom stereocenters. The maximum Gasteiger partial charge on any atom is 0.155 e. The molecule has 0 spiro atoms. The van der Waals surface area contributed by atoms with Gasteiger partial charge in [-0.2, -0.15) is 0 Å². The highest BCUT2D eigenvalue weighted by atomic mass is 32.1. The fraction of sp³-hybridized carbons (Fsp3) is 0.385. The molecular formula is C13H17N3OS. The van der Waals surface area contributed by atoms with Crippen molar-refractivity contribution >= 4 is 11.3 Å². The van der Waals surface area contributed by atoms with Crippen LogP contribution in [0.4, 0.5) is 0 Å². The average Bonchev–Trinajstić information content (AvgIpc) is 2.86. The summed E-state index contributed by atoms with van der Waals surface area (Å²) in [6.07, 6.45) is 2.06. The summed E-state index contributed by atoms with van der Waals surface area (Å²) < 4.78 is 5.63. The van der Waals surface area contributed by atoms with Gasteiger partial charge in [0.2, 0.25) is 0 Å². The number of para-hydroxylation sites is 1. The highest BCUT2D eigenvalue weighted by Gasteiger charge is 2.04. The summed E-state index contributed by atoms with van der Waals surface area (Å²) in [5, 5.41) is 13.4. The second-order valence-corrected chi connectivity index (χ2v) is 5.04. The molecule has 1 heterocycles. The number of hydrogen-bond acceptors (Lipinski definition) is 5. The molecule has 96 valence electrons. The molecule has 18 heavy (non-hydrogen) atoms. The van der Waals surface area contributed by atoms with Crippen LogP contribution in [-0.4, -0.2) is 23.8 Å². The van der Waals surface area contributed by atoms with Crippen molar-refractivity contribution in [3.05, 3.63) is 40.3 Å². The zero-order chi connectivity index (χ0) is 12.6. The Morgan fingerprint density at radius 3 is 2.72 bits per heavy atom. The fourth-order valence-electron chi connectivity index (χ4n) is 1.53. The monoisotopic (exact) mass is 263 g/mol. The lowest BCUT2D eigenvalue weighted by atomic mass is 10.3. The van der Waals surface area contributed by atoms with Crippen LogP contribution in [0.1, 0.15) is 16.4 Å². The zero-order valence-electron chi connectivity index (χ0n) is 10.4. The topological polar surface area (TPSA) is 47.0 Å². The van der Waals surface area contributed by atoms with Gasteiger partial charge in [0, 0.05) is 6.42 Å². The van der Waals surface area contributed by atoms with Gasteiger partial charge in [-0.3, -0.25) is 0 Å². The van der Waals surface area contributed by atoms with Crippen molar-refractivity contribution < 1.29 is 4.74 Å². The van der Waals surface area contributed by atoms with Crippen LogP contribution in [0.3, 0.4) is 0 Å². The van der Waals surface area contributed by atoms with Gasteiger partial charge in [-0.05, 0) is 32.1 Å². The minimum absolute atomic E-state index is 0.494.